The number of carbonyl (C=O) groups excluding carboxylic acids is 1. The van der Waals surface area contributed by atoms with Crippen LogP contribution in [0, 0.1) is 84.0 Å². The molecule has 1 aliphatic heterocycles. The Bertz CT molecular complexity index is 3020. The van der Waals surface area contributed by atoms with Crippen LogP contribution in [0.4, 0.5) is 13.2 Å². The molecule has 1 aromatic heterocycles. The number of halogens is 3. The normalized spacial score (nSPS) is 12.2. The third kappa shape index (κ3) is 10.8. The van der Waals surface area contributed by atoms with Crippen LogP contribution in [0.15, 0.2) is 166 Å². The minimum absolute atomic E-state index is 0. The van der Waals surface area contributed by atoms with Crippen LogP contribution < -0.4 is 41.6 Å². The summed E-state index contributed by atoms with van der Waals surface area (Å²) in [5, 5.41) is 15.0. The van der Waals surface area contributed by atoms with Crippen LogP contribution in [0.2, 0.25) is 0 Å². The van der Waals surface area contributed by atoms with E-state index < -0.39 is 43.2 Å². The maximum atomic E-state index is 14.5. The van der Waals surface area contributed by atoms with Gasteiger partial charge in [-0.15, -0.1) is 0 Å². The summed E-state index contributed by atoms with van der Waals surface area (Å²) in [5.74, 6) is -3.23. The Morgan fingerprint density at radius 3 is 1.36 bits per heavy atom. The monoisotopic (exact) mass is 1090 g/mol. The molecule has 67 heavy (non-hydrogen) atoms. The number of aryl methyl sites for hydroxylation is 5. The summed E-state index contributed by atoms with van der Waals surface area (Å²) >= 11 is 0. The molecule has 0 unspecified atom stereocenters. The van der Waals surface area contributed by atoms with E-state index in [0.717, 1.165) is 71.3 Å². The number of ketones is 1. The van der Waals surface area contributed by atoms with E-state index in [1.54, 1.807) is 0 Å². The van der Waals surface area contributed by atoms with E-state index in [4.69, 9.17) is 9.47 Å². The van der Waals surface area contributed by atoms with E-state index in [1.165, 1.54) is 6.07 Å². The molecule has 0 spiro atoms. The van der Waals surface area contributed by atoms with Gasteiger partial charge in [-0.05, 0) is 87.9 Å². The van der Waals surface area contributed by atoms with Crippen molar-refractivity contribution in [2.45, 2.75) is 54.6 Å². The molecule has 2 heterocycles. The first kappa shape index (κ1) is 52.9. The summed E-state index contributed by atoms with van der Waals surface area (Å²) in [5.41, 5.74) is 2.91. The molecule has 0 atom stereocenters. The van der Waals surface area contributed by atoms with Gasteiger partial charge in [-0.2, -0.15) is 13.2 Å². The fourth-order valence-corrected chi connectivity index (χ4v) is 14.8. The molecule has 0 saturated heterocycles. The van der Waals surface area contributed by atoms with E-state index in [2.05, 4.69) is 11.0 Å². The Kier molecular flexibility index (Phi) is 17.3. The standard InChI is InChI=1S/C21H21OP.C20H23OP.C12H5F3O6.Eu/c1-16-10-4-7-13-19(16)23(22,20-14-8-5-11-17(20)2)21-15-9-6-12-18(21)3;1-6-18(15(2)3)22(21,19-13-9-7-11-16(19)4)20-14-10-8-12-17(20)5;13-12(14,15)10(17)8-9(16)4-1-6-7(20-3-19-6)2-5(4)21-11(8)18;/h4-15H,1-3H3;6-14H,2H2,1,3-5H3;1-2,16H,3H2;/b;18-6+;;. The number of hydrogen-bond acceptors (Lipinski definition) is 8. The average molecular weight is 1080 g/mol. The Morgan fingerprint density at radius 2 is 1.01 bits per heavy atom. The van der Waals surface area contributed by atoms with Crippen molar-refractivity contribution in [1.82, 2.24) is 0 Å². The van der Waals surface area contributed by atoms with Crippen LogP contribution in [0.3, 0.4) is 0 Å². The number of Topliss-reactive ketones (excluding diaryl/α,β-unsaturated/α-hetero) is 1. The molecule has 6 aromatic carbocycles. The zero-order chi connectivity index (χ0) is 48.1. The first-order chi connectivity index (χ1) is 31.3. The van der Waals surface area contributed by atoms with E-state index in [1.807, 2.05) is 176 Å². The number of rotatable bonds is 8. The minimum atomic E-state index is -5.31. The van der Waals surface area contributed by atoms with Gasteiger partial charge in [0.2, 0.25) is 6.79 Å². The molecule has 8 nitrogen and oxygen atoms in total. The number of alkyl halides is 3. The van der Waals surface area contributed by atoms with Crippen LogP contribution in [-0.4, -0.2) is 23.9 Å². The quantitative estimate of drug-likeness (QED) is 0.0691. The van der Waals surface area contributed by atoms with E-state index >= 15 is 0 Å². The molecule has 1 radical (unpaired) electrons. The number of aromatic hydroxyl groups is 1. The van der Waals surface area contributed by atoms with E-state index in [0.29, 0.717) is 0 Å². The van der Waals surface area contributed by atoms with Crippen molar-refractivity contribution in [2.75, 3.05) is 6.79 Å². The first-order valence-electron chi connectivity index (χ1n) is 20.8. The van der Waals surface area contributed by atoms with Crippen LogP contribution in [0.25, 0.3) is 11.0 Å². The summed E-state index contributed by atoms with van der Waals surface area (Å²) in [6.45, 7) is 18.0. The van der Waals surface area contributed by atoms with Crippen molar-refractivity contribution < 1.29 is 95.5 Å². The van der Waals surface area contributed by atoms with Gasteiger partial charge < -0.3 is 28.1 Å². The van der Waals surface area contributed by atoms with Gasteiger partial charge >= 0.3 is 11.8 Å². The molecular formula is C53H49EuF3O8P2. The zero-order valence-corrected chi connectivity index (χ0v) is 42.1. The van der Waals surface area contributed by atoms with Crippen LogP contribution >= 0.6 is 14.3 Å². The van der Waals surface area contributed by atoms with Crippen molar-refractivity contribution in [2.24, 2.45) is 0 Å². The van der Waals surface area contributed by atoms with Gasteiger partial charge in [0, 0.05) is 87.3 Å². The third-order valence-electron chi connectivity index (χ3n) is 11.2. The fraction of sp³-hybridized carbons (Fsp3) is 0.170. The number of hydrogen-bond donors (Lipinski definition) is 1. The molecule has 0 amide bonds. The predicted molar refractivity (Wildman–Crippen MR) is 259 cm³/mol. The van der Waals surface area contributed by atoms with Crippen molar-refractivity contribution in [3.8, 4) is 17.2 Å². The SMILES string of the molecule is C=C(C)/C(=C\C)P(=O)(c1ccccc1C)c1ccccc1C.Cc1ccccc1P(=O)(c1ccccc1C)c1ccccc1C.O=C(c1c(O)c2cc3c(cc2oc1=O)OCO3)C(F)(F)F.[Eu]. The predicted octanol–water partition coefficient (Wildman–Crippen LogP) is 11.3. The average Bonchev–Trinajstić information content (AvgIpc) is 3.74. The summed E-state index contributed by atoms with van der Waals surface area (Å²) in [4.78, 5) is 22.7. The molecule has 0 saturated carbocycles. The maximum Gasteiger partial charge on any atom is 0.455 e. The topological polar surface area (TPSA) is 120 Å². The summed E-state index contributed by atoms with van der Waals surface area (Å²) in [6.07, 6.45) is -3.36. The van der Waals surface area contributed by atoms with Gasteiger partial charge in [0.25, 0.3) is 5.78 Å². The van der Waals surface area contributed by atoms with Gasteiger partial charge in [0.1, 0.15) is 11.3 Å². The summed E-state index contributed by atoms with van der Waals surface area (Å²) < 4.78 is 80.7. The van der Waals surface area contributed by atoms with Gasteiger partial charge in [0.15, 0.2) is 31.3 Å². The Balaban J connectivity index is 0.000000187. The second-order valence-corrected chi connectivity index (χ2v) is 21.1. The summed E-state index contributed by atoms with van der Waals surface area (Å²) in [7, 11) is -5.79. The second-order valence-electron chi connectivity index (χ2n) is 15.7. The number of allylic oxidation sites excluding steroid dienone is 3. The first-order valence-corrected chi connectivity index (χ1v) is 24.2. The van der Waals surface area contributed by atoms with Crippen molar-refractivity contribution in [3.63, 3.8) is 0 Å². The van der Waals surface area contributed by atoms with Crippen molar-refractivity contribution in [3.05, 3.63) is 201 Å². The van der Waals surface area contributed by atoms with E-state index in [9.17, 15) is 37.0 Å². The van der Waals surface area contributed by atoms with Crippen LogP contribution in [0.5, 0.6) is 17.2 Å². The van der Waals surface area contributed by atoms with Crippen molar-refractivity contribution in [1.29, 1.82) is 0 Å². The maximum absolute atomic E-state index is 14.5. The molecule has 0 fully saturated rings. The van der Waals surface area contributed by atoms with Crippen LogP contribution in [0.1, 0.15) is 52.0 Å². The second kappa shape index (κ2) is 21.9. The number of fused-ring (bicyclic) bond motifs is 2. The Labute approximate surface area is 428 Å². The molecular weight excluding hydrogens is 1040 g/mol. The van der Waals surface area contributed by atoms with Crippen molar-refractivity contribution >= 4 is 57.6 Å². The summed E-state index contributed by atoms with van der Waals surface area (Å²) in [6, 6.07) is 42.3. The van der Waals surface area contributed by atoms with Gasteiger partial charge in [-0.3, -0.25) is 4.79 Å². The number of benzene rings is 6. The van der Waals surface area contributed by atoms with Gasteiger partial charge in [0.05, 0.1) is 5.39 Å². The molecule has 0 bridgehead atoms. The largest absolute Gasteiger partial charge is 0.506 e. The Hall–Kier alpha value is -5.09. The molecule has 8 rings (SSSR count). The minimum Gasteiger partial charge on any atom is -0.506 e. The fourth-order valence-electron chi connectivity index (χ4n) is 7.98. The molecule has 0 aliphatic carbocycles. The third-order valence-corrected chi connectivity index (χ3v) is 18.4. The Morgan fingerprint density at radius 1 is 0.657 bits per heavy atom. The van der Waals surface area contributed by atoms with Gasteiger partial charge in [-0.25, -0.2) is 4.79 Å². The van der Waals surface area contributed by atoms with Gasteiger partial charge in [-0.1, -0.05) is 134 Å². The van der Waals surface area contributed by atoms with Crippen LogP contribution in [-0.2, 0) is 9.13 Å². The zero-order valence-electron chi connectivity index (χ0n) is 37.9. The molecule has 14 heteroatoms. The molecule has 347 valence electrons. The molecule has 7 aromatic rings. The number of carbonyl (C=O) groups is 1. The number of ether oxygens (including phenoxy) is 2. The van der Waals surface area contributed by atoms with E-state index in [-0.39, 0.29) is 78.6 Å². The smallest absolute Gasteiger partial charge is 0.455 e. The molecule has 1 N–H and O–H groups in total. The molecule has 1 aliphatic rings.